The lowest BCUT2D eigenvalue weighted by Gasteiger charge is -2.11. The quantitative estimate of drug-likeness (QED) is 0.842. The second-order valence-electron chi connectivity index (χ2n) is 3.20. The second kappa shape index (κ2) is 6.71. The van der Waals surface area contributed by atoms with Crippen molar-refractivity contribution in [1.82, 2.24) is 0 Å². The van der Waals surface area contributed by atoms with E-state index >= 15 is 0 Å². The Labute approximate surface area is 94.1 Å². The van der Waals surface area contributed by atoms with Crippen molar-refractivity contribution in [2.75, 3.05) is 6.54 Å². The van der Waals surface area contributed by atoms with E-state index in [-0.39, 0.29) is 12.4 Å². The van der Waals surface area contributed by atoms with Crippen LogP contribution in [0.15, 0.2) is 18.2 Å². The molecule has 0 aliphatic rings. The summed E-state index contributed by atoms with van der Waals surface area (Å²) in [7, 11) is 0. The molecule has 1 rings (SSSR count). The minimum absolute atomic E-state index is 0. The topological polar surface area (TPSA) is 52.0 Å². The lowest BCUT2D eigenvalue weighted by molar-refractivity contribution is 0.537. The van der Waals surface area contributed by atoms with Crippen LogP contribution >= 0.6 is 12.4 Å². The summed E-state index contributed by atoms with van der Waals surface area (Å²) >= 11 is 0. The molecule has 1 aromatic carbocycles. The summed E-state index contributed by atoms with van der Waals surface area (Å²) in [6, 6.07) is 3.03. The van der Waals surface area contributed by atoms with Crippen molar-refractivity contribution < 1.29 is 8.78 Å². The molecule has 0 amide bonds. The van der Waals surface area contributed by atoms with Crippen molar-refractivity contribution in [2.24, 2.45) is 11.5 Å². The third kappa shape index (κ3) is 4.11. The van der Waals surface area contributed by atoms with Gasteiger partial charge in [-0.3, -0.25) is 0 Å². The molecule has 1 atom stereocenters. The van der Waals surface area contributed by atoms with E-state index in [1.54, 1.807) is 0 Å². The lowest BCUT2D eigenvalue weighted by atomic mass is 10.0. The first kappa shape index (κ1) is 14.3. The van der Waals surface area contributed by atoms with Gasteiger partial charge >= 0.3 is 0 Å². The van der Waals surface area contributed by atoms with Gasteiger partial charge in [-0.1, -0.05) is 6.07 Å². The third-order valence-electron chi connectivity index (χ3n) is 2.08. The van der Waals surface area contributed by atoms with Gasteiger partial charge in [0, 0.05) is 17.7 Å². The zero-order chi connectivity index (χ0) is 10.6. The predicted molar refractivity (Wildman–Crippen MR) is 58.8 cm³/mol. The first-order valence-corrected chi connectivity index (χ1v) is 4.55. The van der Waals surface area contributed by atoms with Gasteiger partial charge in [-0.25, -0.2) is 8.78 Å². The number of hydrogen-bond acceptors (Lipinski definition) is 2. The maximum atomic E-state index is 13.2. The molecule has 0 spiro atoms. The lowest BCUT2D eigenvalue weighted by Crippen LogP contribution is -2.14. The Balaban J connectivity index is 0.00000196. The van der Waals surface area contributed by atoms with Crippen LogP contribution in [0.25, 0.3) is 0 Å². The highest BCUT2D eigenvalue weighted by atomic mass is 35.5. The molecule has 0 heterocycles. The van der Waals surface area contributed by atoms with Crippen LogP contribution in [0.5, 0.6) is 0 Å². The van der Waals surface area contributed by atoms with Gasteiger partial charge in [0.05, 0.1) is 0 Å². The summed E-state index contributed by atoms with van der Waals surface area (Å²) in [5, 5.41) is 0. The van der Waals surface area contributed by atoms with Crippen LogP contribution in [0.1, 0.15) is 24.4 Å². The molecular formula is C10H15ClF2N2. The smallest absolute Gasteiger partial charge is 0.130 e. The van der Waals surface area contributed by atoms with E-state index in [4.69, 9.17) is 11.5 Å². The van der Waals surface area contributed by atoms with E-state index in [1.165, 1.54) is 12.1 Å². The molecule has 1 aromatic rings. The fraction of sp³-hybridized carbons (Fsp3) is 0.400. The molecule has 0 saturated heterocycles. The normalized spacial score (nSPS) is 12.0. The molecule has 2 nitrogen and oxygen atoms in total. The molecule has 15 heavy (non-hydrogen) atoms. The molecule has 0 aliphatic carbocycles. The van der Waals surface area contributed by atoms with Crippen LogP contribution in [0.4, 0.5) is 8.78 Å². The standard InChI is InChI=1S/C10H14F2N2.ClH/c11-7-3-4-8(9(12)6-7)10(14)2-1-5-13;/h3-4,6,10H,1-2,5,13-14H2;1H/t10-;/m0./s1. The first-order chi connectivity index (χ1) is 6.65. The summed E-state index contributed by atoms with van der Waals surface area (Å²) < 4.78 is 25.7. The fourth-order valence-corrected chi connectivity index (χ4v) is 1.30. The average Bonchev–Trinajstić information content (AvgIpc) is 2.14. The highest BCUT2D eigenvalue weighted by Gasteiger charge is 2.11. The predicted octanol–water partition coefficient (Wildman–Crippen LogP) is 2.13. The third-order valence-corrected chi connectivity index (χ3v) is 2.08. The Morgan fingerprint density at radius 3 is 2.47 bits per heavy atom. The number of benzene rings is 1. The summed E-state index contributed by atoms with van der Waals surface area (Å²) in [4.78, 5) is 0. The molecule has 0 aliphatic heterocycles. The summed E-state index contributed by atoms with van der Waals surface area (Å²) in [5.41, 5.74) is 11.4. The Hall–Kier alpha value is -0.710. The maximum Gasteiger partial charge on any atom is 0.130 e. The van der Waals surface area contributed by atoms with Crippen molar-refractivity contribution in [3.05, 3.63) is 35.4 Å². The molecule has 0 fully saturated rings. The zero-order valence-electron chi connectivity index (χ0n) is 8.25. The number of halogens is 3. The SMILES string of the molecule is Cl.NCCC[C@H](N)c1ccc(F)cc1F. The van der Waals surface area contributed by atoms with E-state index in [1.807, 2.05) is 0 Å². The van der Waals surface area contributed by atoms with Crippen LogP contribution < -0.4 is 11.5 Å². The van der Waals surface area contributed by atoms with Gasteiger partial charge in [0.15, 0.2) is 0 Å². The molecule has 0 bridgehead atoms. The van der Waals surface area contributed by atoms with E-state index < -0.39 is 17.7 Å². The van der Waals surface area contributed by atoms with Crippen molar-refractivity contribution in [3.8, 4) is 0 Å². The molecule has 0 aromatic heterocycles. The van der Waals surface area contributed by atoms with Crippen LogP contribution in [0.2, 0.25) is 0 Å². The Morgan fingerprint density at radius 1 is 1.27 bits per heavy atom. The average molecular weight is 237 g/mol. The second-order valence-corrected chi connectivity index (χ2v) is 3.20. The molecular weight excluding hydrogens is 222 g/mol. The van der Waals surface area contributed by atoms with Crippen molar-refractivity contribution in [3.63, 3.8) is 0 Å². The maximum absolute atomic E-state index is 13.2. The molecule has 0 saturated carbocycles. The van der Waals surface area contributed by atoms with E-state index in [0.29, 0.717) is 18.5 Å². The van der Waals surface area contributed by atoms with Crippen molar-refractivity contribution in [2.45, 2.75) is 18.9 Å². The number of rotatable bonds is 4. The highest BCUT2D eigenvalue weighted by molar-refractivity contribution is 5.85. The van der Waals surface area contributed by atoms with Crippen LogP contribution in [0.3, 0.4) is 0 Å². The summed E-state index contributed by atoms with van der Waals surface area (Å²) in [5.74, 6) is -1.17. The largest absolute Gasteiger partial charge is 0.330 e. The van der Waals surface area contributed by atoms with Gasteiger partial charge in [0.1, 0.15) is 11.6 Å². The number of hydrogen-bond donors (Lipinski definition) is 2. The molecule has 86 valence electrons. The fourth-order valence-electron chi connectivity index (χ4n) is 1.30. The molecule has 0 radical (unpaired) electrons. The van der Waals surface area contributed by atoms with Crippen molar-refractivity contribution >= 4 is 12.4 Å². The number of nitrogens with two attached hydrogens (primary N) is 2. The Bertz CT molecular complexity index is 307. The van der Waals surface area contributed by atoms with Crippen molar-refractivity contribution in [1.29, 1.82) is 0 Å². The summed E-state index contributed by atoms with van der Waals surface area (Å²) in [6.07, 6.45) is 1.34. The summed E-state index contributed by atoms with van der Waals surface area (Å²) in [6.45, 7) is 0.524. The Kier molecular flexibility index (Phi) is 6.40. The van der Waals surface area contributed by atoms with Crippen LogP contribution in [0, 0.1) is 11.6 Å². The van der Waals surface area contributed by atoms with Crippen LogP contribution in [-0.2, 0) is 0 Å². The monoisotopic (exact) mass is 236 g/mol. The van der Waals surface area contributed by atoms with Gasteiger partial charge in [-0.05, 0) is 25.5 Å². The Morgan fingerprint density at radius 2 is 1.93 bits per heavy atom. The minimum Gasteiger partial charge on any atom is -0.330 e. The van der Waals surface area contributed by atoms with E-state index in [0.717, 1.165) is 12.5 Å². The van der Waals surface area contributed by atoms with Gasteiger partial charge in [-0.2, -0.15) is 0 Å². The molecule has 0 unspecified atom stereocenters. The van der Waals surface area contributed by atoms with E-state index in [9.17, 15) is 8.78 Å². The first-order valence-electron chi connectivity index (χ1n) is 4.55. The molecule has 5 heteroatoms. The zero-order valence-corrected chi connectivity index (χ0v) is 9.07. The van der Waals surface area contributed by atoms with Crippen LogP contribution in [-0.4, -0.2) is 6.54 Å². The van der Waals surface area contributed by atoms with Gasteiger partial charge in [0.2, 0.25) is 0 Å². The van der Waals surface area contributed by atoms with Gasteiger partial charge in [-0.15, -0.1) is 12.4 Å². The van der Waals surface area contributed by atoms with E-state index in [2.05, 4.69) is 0 Å². The molecule has 4 N–H and O–H groups in total. The van der Waals surface area contributed by atoms with Gasteiger partial charge < -0.3 is 11.5 Å². The van der Waals surface area contributed by atoms with Gasteiger partial charge in [0.25, 0.3) is 0 Å². The minimum atomic E-state index is -0.588. The highest BCUT2D eigenvalue weighted by Crippen LogP contribution is 2.19.